The van der Waals surface area contributed by atoms with Crippen LogP contribution in [0.25, 0.3) is 10.2 Å². The van der Waals surface area contributed by atoms with Crippen molar-refractivity contribution < 1.29 is 9.32 Å². The summed E-state index contributed by atoms with van der Waals surface area (Å²) in [6.45, 7) is 1.52. The van der Waals surface area contributed by atoms with E-state index in [1.165, 1.54) is 4.70 Å². The first kappa shape index (κ1) is 16.0. The Bertz CT molecular complexity index is 928. The maximum Gasteiger partial charge on any atom is 0.276 e. The molecule has 0 radical (unpaired) electrons. The summed E-state index contributed by atoms with van der Waals surface area (Å²) >= 11 is 1.75. The van der Waals surface area contributed by atoms with Gasteiger partial charge >= 0.3 is 0 Å². The van der Waals surface area contributed by atoms with E-state index in [0.717, 1.165) is 73.5 Å². The lowest BCUT2D eigenvalue weighted by Crippen LogP contribution is -2.39. The standard InChI is InChI=1S/C20H21N3O2S/c24-20(18-14-7-1-3-9-16(14)25-22-18)23-11-5-6-13(12-23)19-21-15-8-2-4-10-17(15)26-19/h2,4,8,10,13H,1,3,5-7,9,11-12H2/t13-/m0/s1. The molecule has 1 amide bonds. The second-order valence-corrected chi connectivity index (χ2v) is 8.31. The third-order valence-electron chi connectivity index (χ3n) is 5.52. The summed E-state index contributed by atoms with van der Waals surface area (Å²) in [7, 11) is 0. The van der Waals surface area contributed by atoms with Gasteiger partial charge in [0.1, 0.15) is 5.76 Å². The summed E-state index contributed by atoms with van der Waals surface area (Å²) in [5.41, 5.74) is 2.65. The summed E-state index contributed by atoms with van der Waals surface area (Å²) < 4.78 is 6.66. The van der Waals surface area contributed by atoms with Gasteiger partial charge in [0.15, 0.2) is 5.69 Å². The molecular formula is C20H21N3O2S. The van der Waals surface area contributed by atoms with Crippen LogP contribution in [0.15, 0.2) is 28.8 Å². The highest BCUT2D eigenvalue weighted by atomic mass is 32.1. The van der Waals surface area contributed by atoms with E-state index in [0.29, 0.717) is 11.6 Å². The average molecular weight is 367 g/mol. The Morgan fingerprint density at radius 3 is 3.00 bits per heavy atom. The van der Waals surface area contributed by atoms with Gasteiger partial charge in [-0.3, -0.25) is 4.79 Å². The van der Waals surface area contributed by atoms with E-state index in [9.17, 15) is 4.79 Å². The van der Waals surface area contributed by atoms with Gasteiger partial charge in [0.05, 0.1) is 15.2 Å². The smallest absolute Gasteiger partial charge is 0.276 e. The van der Waals surface area contributed by atoms with Crippen molar-refractivity contribution in [2.75, 3.05) is 13.1 Å². The Balaban J connectivity index is 1.38. The van der Waals surface area contributed by atoms with Crippen LogP contribution in [0.1, 0.15) is 58.4 Å². The molecule has 0 spiro atoms. The van der Waals surface area contributed by atoms with Crippen molar-refractivity contribution in [3.05, 3.63) is 46.3 Å². The van der Waals surface area contributed by atoms with Crippen LogP contribution in [0.3, 0.4) is 0 Å². The van der Waals surface area contributed by atoms with E-state index in [4.69, 9.17) is 9.51 Å². The zero-order chi connectivity index (χ0) is 17.5. The topological polar surface area (TPSA) is 59.2 Å². The minimum absolute atomic E-state index is 0.0303. The minimum atomic E-state index is 0.0303. The fourth-order valence-corrected chi connectivity index (χ4v) is 5.22. The molecule has 1 aromatic carbocycles. The number of aryl methyl sites for hydroxylation is 1. The van der Waals surface area contributed by atoms with Gasteiger partial charge in [0, 0.05) is 31.0 Å². The third-order valence-corrected chi connectivity index (χ3v) is 6.72. The molecular weight excluding hydrogens is 346 g/mol. The monoisotopic (exact) mass is 367 g/mol. The van der Waals surface area contributed by atoms with Crippen molar-refractivity contribution in [1.29, 1.82) is 0 Å². The van der Waals surface area contributed by atoms with Gasteiger partial charge in [-0.25, -0.2) is 4.98 Å². The molecule has 0 N–H and O–H groups in total. The van der Waals surface area contributed by atoms with Gasteiger partial charge in [0.2, 0.25) is 0 Å². The number of piperidine rings is 1. The van der Waals surface area contributed by atoms with Crippen molar-refractivity contribution >= 4 is 27.5 Å². The van der Waals surface area contributed by atoms with Crippen LogP contribution in [0.5, 0.6) is 0 Å². The molecule has 1 aliphatic heterocycles. The van der Waals surface area contributed by atoms with Crippen LogP contribution in [0, 0.1) is 0 Å². The Hall–Kier alpha value is -2.21. The number of para-hydroxylation sites is 1. The van der Waals surface area contributed by atoms with E-state index < -0.39 is 0 Å². The maximum absolute atomic E-state index is 13.1. The molecule has 5 nitrogen and oxygen atoms in total. The van der Waals surface area contributed by atoms with Gasteiger partial charge in [-0.15, -0.1) is 11.3 Å². The predicted octanol–water partition coefficient (Wildman–Crippen LogP) is 4.18. The zero-order valence-electron chi connectivity index (χ0n) is 14.6. The largest absolute Gasteiger partial charge is 0.360 e. The van der Waals surface area contributed by atoms with Crippen molar-refractivity contribution in [2.24, 2.45) is 0 Å². The first-order valence-electron chi connectivity index (χ1n) is 9.42. The fourth-order valence-electron chi connectivity index (χ4n) is 4.13. The number of benzene rings is 1. The second kappa shape index (κ2) is 6.50. The van der Waals surface area contributed by atoms with Crippen molar-refractivity contribution in [3.8, 4) is 0 Å². The van der Waals surface area contributed by atoms with Gasteiger partial charge in [0.25, 0.3) is 5.91 Å². The number of hydrogen-bond donors (Lipinski definition) is 0. The van der Waals surface area contributed by atoms with Crippen molar-refractivity contribution in [1.82, 2.24) is 15.0 Å². The fraction of sp³-hybridized carbons (Fsp3) is 0.450. The van der Waals surface area contributed by atoms with E-state index in [-0.39, 0.29) is 5.91 Å². The van der Waals surface area contributed by atoms with E-state index >= 15 is 0 Å². The molecule has 2 aliphatic rings. The van der Waals surface area contributed by atoms with Crippen molar-refractivity contribution in [3.63, 3.8) is 0 Å². The molecule has 6 heteroatoms. The number of hydrogen-bond acceptors (Lipinski definition) is 5. The second-order valence-electron chi connectivity index (χ2n) is 7.25. The SMILES string of the molecule is O=C(c1noc2c1CCCC2)N1CCC[C@H](c2nc3ccccc3s2)C1. The molecule has 3 heterocycles. The molecule has 0 unspecified atom stereocenters. The summed E-state index contributed by atoms with van der Waals surface area (Å²) in [6.07, 6.45) is 6.15. The first-order valence-corrected chi connectivity index (χ1v) is 10.2. The summed E-state index contributed by atoms with van der Waals surface area (Å²) in [6, 6.07) is 8.25. The Morgan fingerprint density at radius 2 is 2.08 bits per heavy atom. The van der Waals surface area contributed by atoms with E-state index in [1.54, 1.807) is 11.3 Å². The molecule has 134 valence electrons. The van der Waals surface area contributed by atoms with Crippen LogP contribution in [0.4, 0.5) is 0 Å². The van der Waals surface area contributed by atoms with Crippen LogP contribution < -0.4 is 0 Å². The molecule has 1 fully saturated rings. The number of carbonyl (C=O) groups is 1. The average Bonchev–Trinajstić information content (AvgIpc) is 3.32. The van der Waals surface area contributed by atoms with E-state index in [2.05, 4.69) is 23.4 Å². The molecule has 1 aliphatic carbocycles. The highest BCUT2D eigenvalue weighted by Gasteiger charge is 2.31. The Labute approximate surface area is 156 Å². The van der Waals surface area contributed by atoms with Gasteiger partial charge in [-0.2, -0.15) is 0 Å². The highest BCUT2D eigenvalue weighted by molar-refractivity contribution is 7.18. The first-order chi connectivity index (χ1) is 12.8. The predicted molar refractivity (Wildman–Crippen MR) is 101 cm³/mol. The summed E-state index contributed by atoms with van der Waals surface area (Å²) in [5, 5.41) is 5.27. The molecule has 0 bridgehead atoms. The number of fused-ring (bicyclic) bond motifs is 2. The molecule has 1 saturated heterocycles. The third kappa shape index (κ3) is 2.72. The lowest BCUT2D eigenvalue weighted by molar-refractivity contribution is 0.0695. The lowest BCUT2D eigenvalue weighted by Gasteiger charge is -2.31. The van der Waals surface area contributed by atoms with Crippen LogP contribution in [-0.4, -0.2) is 34.0 Å². The number of likely N-dealkylation sites (tertiary alicyclic amines) is 1. The van der Waals surface area contributed by atoms with Gasteiger partial charge in [-0.05, 0) is 44.2 Å². The van der Waals surface area contributed by atoms with Crippen LogP contribution >= 0.6 is 11.3 Å². The van der Waals surface area contributed by atoms with Crippen molar-refractivity contribution in [2.45, 2.75) is 44.4 Å². The molecule has 5 rings (SSSR count). The summed E-state index contributed by atoms with van der Waals surface area (Å²) in [5.74, 6) is 1.26. The quantitative estimate of drug-likeness (QED) is 0.682. The highest BCUT2D eigenvalue weighted by Crippen LogP contribution is 2.34. The Morgan fingerprint density at radius 1 is 1.19 bits per heavy atom. The Kier molecular flexibility index (Phi) is 4.00. The minimum Gasteiger partial charge on any atom is -0.360 e. The molecule has 2 aromatic heterocycles. The lowest BCUT2D eigenvalue weighted by atomic mass is 9.95. The van der Waals surface area contributed by atoms with Crippen LogP contribution in [-0.2, 0) is 12.8 Å². The number of thiazole rings is 1. The zero-order valence-corrected chi connectivity index (χ0v) is 15.4. The number of aromatic nitrogens is 2. The number of nitrogens with zero attached hydrogens (tertiary/aromatic N) is 3. The molecule has 0 saturated carbocycles. The van der Waals surface area contributed by atoms with Crippen LogP contribution in [0.2, 0.25) is 0 Å². The normalized spacial score (nSPS) is 20.3. The number of rotatable bonds is 2. The summed E-state index contributed by atoms with van der Waals surface area (Å²) in [4.78, 5) is 19.8. The molecule has 26 heavy (non-hydrogen) atoms. The number of carbonyl (C=O) groups excluding carboxylic acids is 1. The molecule has 3 aromatic rings. The van der Waals surface area contributed by atoms with Gasteiger partial charge in [-0.1, -0.05) is 17.3 Å². The van der Waals surface area contributed by atoms with E-state index in [1.807, 2.05) is 11.0 Å². The molecule has 1 atom stereocenters. The van der Waals surface area contributed by atoms with Gasteiger partial charge < -0.3 is 9.42 Å². The number of amides is 1. The maximum atomic E-state index is 13.1.